The van der Waals surface area contributed by atoms with E-state index in [1.165, 1.54) is 24.8 Å². The van der Waals surface area contributed by atoms with E-state index in [-0.39, 0.29) is 24.3 Å². The van der Waals surface area contributed by atoms with E-state index >= 15 is 0 Å². The Balaban J connectivity index is 1.92. The number of carbonyl (C=O) groups is 1. The van der Waals surface area contributed by atoms with Gasteiger partial charge in [-0.15, -0.1) is 0 Å². The van der Waals surface area contributed by atoms with Gasteiger partial charge in [-0.3, -0.25) is 14.2 Å². The molecule has 0 saturated carbocycles. The lowest BCUT2D eigenvalue weighted by Crippen LogP contribution is -2.47. The Bertz CT molecular complexity index is 1440. The van der Waals surface area contributed by atoms with Crippen LogP contribution >= 0.6 is 0 Å². The zero-order valence-corrected chi connectivity index (χ0v) is 20.6. The fourth-order valence-corrected chi connectivity index (χ4v) is 4.40. The summed E-state index contributed by atoms with van der Waals surface area (Å²) in [6.07, 6.45) is -6.92. The number of carbonyl (C=O) groups excluding carboxylic acids is 1. The van der Waals surface area contributed by atoms with Gasteiger partial charge in [0.2, 0.25) is 5.43 Å². The number of benzene rings is 1. The molecule has 3 N–H and O–H groups in total. The zero-order valence-electron chi connectivity index (χ0n) is 20.6. The molecule has 14 heteroatoms. The van der Waals surface area contributed by atoms with E-state index in [1.807, 2.05) is 0 Å². The molecular formula is C25H24F6N4O4. The molecular weight excluding hydrogens is 534 g/mol. The number of aliphatic hydroxyl groups is 2. The fraction of sp³-hybridized carbons (Fsp3) is 0.400. The standard InChI is InChI=1S/C25H24F6N4O4/c1-11(2)5-19(25(29,30)31)32-24(39)14-8-35(21-15(27)6-12(26)7-16(21)28)23-13(22(14)38)3-4-20(33-23)34-9-17(36)18(37)10-34/h3-4,6-8,11,17-19,36-37H,5,9-10H2,1-2H3,(H,32,39)/t17-,18-,19-/m1/s1. The normalized spacial score (nSPS) is 18.7. The van der Waals surface area contributed by atoms with Crippen LogP contribution in [0.15, 0.2) is 35.3 Å². The second-order valence-corrected chi connectivity index (χ2v) is 9.74. The lowest BCUT2D eigenvalue weighted by Gasteiger charge is -2.23. The number of β-amino-alcohol motifs (C(OH)–C–C–N with tert-alkyl or cyclic N) is 2. The molecule has 1 amide bonds. The number of nitrogens with zero attached hydrogens (tertiary/aromatic N) is 3. The smallest absolute Gasteiger partial charge is 0.389 e. The number of rotatable bonds is 6. The van der Waals surface area contributed by atoms with Crippen LogP contribution in [-0.2, 0) is 0 Å². The maximum atomic E-state index is 14.8. The van der Waals surface area contributed by atoms with Gasteiger partial charge in [0.15, 0.2) is 17.3 Å². The molecule has 8 nitrogen and oxygen atoms in total. The van der Waals surface area contributed by atoms with E-state index in [2.05, 4.69) is 4.98 Å². The summed E-state index contributed by atoms with van der Waals surface area (Å²) < 4.78 is 84.6. The van der Waals surface area contributed by atoms with Crippen molar-refractivity contribution in [3.05, 3.63) is 63.7 Å². The molecule has 1 aromatic carbocycles. The predicted octanol–water partition coefficient (Wildman–Crippen LogP) is 3.05. The third-order valence-electron chi connectivity index (χ3n) is 6.29. The summed E-state index contributed by atoms with van der Waals surface area (Å²) in [6.45, 7) is 2.90. The Hall–Kier alpha value is -3.65. The lowest BCUT2D eigenvalue weighted by atomic mass is 10.0. The van der Waals surface area contributed by atoms with Crippen molar-refractivity contribution < 1.29 is 41.4 Å². The number of hydrogen-bond donors (Lipinski definition) is 3. The Morgan fingerprint density at radius 1 is 1.10 bits per heavy atom. The molecule has 1 fully saturated rings. The minimum absolute atomic E-state index is 0.0572. The Morgan fingerprint density at radius 2 is 1.69 bits per heavy atom. The number of fused-ring (bicyclic) bond motifs is 1. The second kappa shape index (κ2) is 10.5. The Kier molecular flexibility index (Phi) is 7.63. The van der Waals surface area contributed by atoms with Gasteiger partial charge in [0.25, 0.3) is 5.91 Å². The average Bonchev–Trinajstić information content (AvgIpc) is 3.16. The van der Waals surface area contributed by atoms with Gasteiger partial charge in [-0.05, 0) is 24.5 Å². The molecule has 3 atom stereocenters. The highest BCUT2D eigenvalue weighted by atomic mass is 19.4. The van der Waals surface area contributed by atoms with Crippen LogP contribution in [0.25, 0.3) is 16.7 Å². The monoisotopic (exact) mass is 558 g/mol. The van der Waals surface area contributed by atoms with Crippen molar-refractivity contribution in [1.82, 2.24) is 14.9 Å². The minimum atomic E-state index is -4.84. The molecule has 3 heterocycles. The van der Waals surface area contributed by atoms with Gasteiger partial charge in [0.1, 0.15) is 28.9 Å². The van der Waals surface area contributed by atoms with Gasteiger partial charge in [0.05, 0.1) is 17.6 Å². The van der Waals surface area contributed by atoms with Crippen molar-refractivity contribution in [3.8, 4) is 5.69 Å². The number of hydrogen-bond acceptors (Lipinski definition) is 6. The van der Waals surface area contributed by atoms with Crippen LogP contribution in [0.5, 0.6) is 0 Å². The first kappa shape index (κ1) is 28.4. The first-order valence-electron chi connectivity index (χ1n) is 11.9. The Labute approximate surface area is 217 Å². The fourth-order valence-electron chi connectivity index (χ4n) is 4.40. The van der Waals surface area contributed by atoms with E-state index in [0.717, 1.165) is 6.07 Å². The molecule has 1 aliphatic rings. The number of halogens is 6. The minimum Gasteiger partial charge on any atom is -0.389 e. The molecule has 0 bridgehead atoms. The number of aliphatic hydroxyl groups excluding tert-OH is 2. The maximum Gasteiger partial charge on any atom is 0.408 e. The van der Waals surface area contributed by atoms with E-state index < -0.39 is 82.5 Å². The molecule has 1 saturated heterocycles. The van der Waals surface area contributed by atoms with Gasteiger partial charge in [-0.2, -0.15) is 13.2 Å². The molecule has 2 aromatic heterocycles. The quantitative estimate of drug-likeness (QED) is 0.402. The number of nitrogens with one attached hydrogen (secondary N) is 1. The second-order valence-electron chi connectivity index (χ2n) is 9.74. The first-order chi connectivity index (χ1) is 18.2. The van der Waals surface area contributed by atoms with E-state index in [1.54, 1.807) is 5.32 Å². The third kappa shape index (κ3) is 5.71. The van der Waals surface area contributed by atoms with Crippen LogP contribution < -0.4 is 15.6 Å². The van der Waals surface area contributed by atoms with Crippen molar-refractivity contribution in [2.75, 3.05) is 18.0 Å². The summed E-state index contributed by atoms with van der Waals surface area (Å²) in [4.78, 5) is 31.8. The van der Waals surface area contributed by atoms with Crippen molar-refractivity contribution in [3.63, 3.8) is 0 Å². The summed E-state index contributed by atoms with van der Waals surface area (Å²) >= 11 is 0. The van der Waals surface area contributed by atoms with Crippen LogP contribution in [-0.4, -0.2) is 63.2 Å². The predicted molar refractivity (Wildman–Crippen MR) is 128 cm³/mol. The maximum absolute atomic E-state index is 14.8. The number of amides is 1. The summed E-state index contributed by atoms with van der Waals surface area (Å²) in [6, 6.07) is 0.832. The summed E-state index contributed by atoms with van der Waals surface area (Å²) in [5.41, 5.74) is -3.25. The molecule has 210 valence electrons. The van der Waals surface area contributed by atoms with E-state index in [9.17, 15) is 46.1 Å². The summed E-state index contributed by atoms with van der Waals surface area (Å²) in [5.74, 6) is -5.95. The van der Waals surface area contributed by atoms with Crippen molar-refractivity contribution in [2.24, 2.45) is 5.92 Å². The van der Waals surface area contributed by atoms with Gasteiger partial charge in [-0.25, -0.2) is 18.2 Å². The van der Waals surface area contributed by atoms with Crippen LogP contribution in [0, 0.1) is 23.4 Å². The molecule has 0 radical (unpaired) electrons. The van der Waals surface area contributed by atoms with E-state index in [0.29, 0.717) is 22.9 Å². The van der Waals surface area contributed by atoms with Crippen molar-refractivity contribution in [1.29, 1.82) is 0 Å². The summed E-state index contributed by atoms with van der Waals surface area (Å²) in [7, 11) is 0. The van der Waals surface area contributed by atoms with Gasteiger partial charge < -0.3 is 20.4 Å². The van der Waals surface area contributed by atoms with Gasteiger partial charge in [0, 0.05) is 31.4 Å². The number of pyridine rings is 2. The van der Waals surface area contributed by atoms with E-state index in [4.69, 9.17) is 0 Å². The Morgan fingerprint density at radius 3 is 2.23 bits per heavy atom. The topological polar surface area (TPSA) is 108 Å². The number of anilines is 1. The molecule has 0 aliphatic carbocycles. The molecule has 0 spiro atoms. The lowest BCUT2D eigenvalue weighted by molar-refractivity contribution is -0.156. The third-order valence-corrected chi connectivity index (χ3v) is 6.29. The molecule has 0 unspecified atom stereocenters. The van der Waals surface area contributed by atoms with Crippen LogP contribution in [0.2, 0.25) is 0 Å². The molecule has 3 aromatic rings. The highest BCUT2D eigenvalue weighted by Crippen LogP contribution is 2.28. The highest BCUT2D eigenvalue weighted by Gasteiger charge is 2.41. The van der Waals surface area contributed by atoms with Crippen LogP contribution in [0.1, 0.15) is 30.6 Å². The zero-order chi connectivity index (χ0) is 28.8. The van der Waals surface area contributed by atoms with Gasteiger partial charge >= 0.3 is 6.18 Å². The van der Waals surface area contributed by atoms with Crippen LogP contribution in [0.4, 0.5) is 32.2 Å². The molecule has 39 heavy (non-hydrogen) atoms. The molecule has 1 aliphatic heterocycles. The van der Waals surface area contributed by atoms with Crippen LogP contribution in [0.3, 0.4) is 0 Å². The SMILES string of the molecule is CC(C)C[C@@H](NC(=O)c1cn(-c2c(F)cc(F)cc2F)c2nc(N3C[C@@H](O)[C@H](O)C3)ccc2c1=O)C(F)(F)F. The average molecular weight is 558 g/mol. The van der Waals surface area contributed by atoms with Crippen molar-refractivity contribution >= 4 is 22.8 Å². The largest absolute Gasteiger partial charge is 0.408 e. The van der Waals surface area contributed by atoms with Crippen molar-refractivity contribution in [2.45, 2.75) is 44.7 Å². The van der Waals surface area contributed by atoms with Gasteiger partial charge in [-0.1, -0.05) is 13.8 Å². The summed E-state index contributed by atoms with van der Waals surface area (Å²) in [5, 5.41) is 21.1. The highest BCUT2D eigenvalue weighted by molar-refractivity contribution is 5.97. The first-order valence-corrected chi connectivity index (χ1v) is 11.9. The number of aromatic nitrogens is 2. The number of alkyl halides is 3. The molecule has 4 rings (SSSR count).